The lowest BCUT2D eigenvalue weighted by Gasteiger charge is -2.10. The van der Waals surface area contributed by atoms with Crippen LogP contribution < -0.4 is 15.8 Å². The minimum Gasteiger partial charge on any atom is -0.496 e. The van der Waals surface area contributed by atoms with Gasteiger partial charge in [-0.2, -0.15) is 0 Å². The van der Waals surface area contributed by atoms with Crippen LogP contribution in [0.15, 0.2) is 36.4 Å². The number of anilines is 3. The molecule has 2 aromatic carbocycles. The fourth-order valence-electron chi connectivity index (χ4n) is 1.73. The van der Waals surface area contributed by atoms with E-state index in [1.807, 2.05) is 25.1 Å². The summed E-state index contributed by atoms with van der Waals surface area (Å²) in [6.07, 6.45) is 0. The molecule has 2 rings (SSSR count). The van der Waals surface area contributed by atoms with Gasteiger partial charge in [0.25, 0.3) is 0 Å². The van der Waals surface area contributed by atoms with E-state index in [4.69, 9.17) is 10.5 Å². The van der Waals surface area contributed by atoms with Crippen molar-refractivity contribution >= 4 is 17.1 Å². The molecule has 0 spiro atoms. The van der Waals surface area contributed by atoms with Crippen molar-refractivity contribution in [3.63, 3.8) is 0 Å². The highest BCUT2D eigenvalue weighted by Crippen LogP contribution is 2.25. The van der Waals surface area contributed by atoms with Crippen molar-refractivity contribution in [1.82, 2.24) is 0 Å². The summed E-state index contributed by atoms with van der Waals surface area (Å²) in [6.45, 7) is 1.95. The van der Waals surface area contributed by atoms with E-state index in [1.165, 1.54) is 12.1 Å². The number of nitrogens with one attached hydrogen (secondary N) is 1. The Morgan fingerprint density at radius 1 is 1.11 bits per heavy atom. The number of rotatable bonds is 3. The molecule has 2 aromatic rings. The van der Waals surface area contributed by atoms with Crippen LogP contribution in [-0.4, -0.2) is 7.11 Å². The number of hydrogen-bond donors (Lipinski definition) is 2. The van der Waals surface area contributed by atoms with E-state index in [9.17, 15) is 4.39 Å². The van der Waals surface area contributed by atoms with Gasteiger partial charge in [0.1, 0.15) is 11.6 Å². The quantitative estimate of drug-likeness (QED) is 0.815. The van der Waals surface area contributed by atoms with Crippen molar-refractivity contribution in [2.45, 2.75) is 6.92 Å². The Hall–Kier alpha value is -2.23. The monoisotopic (exact) mass is 246 g/mol. The number of aryl methyl sites for hydroxylation is 1. The minimum atomic E-state index is -0.426. The third-order valence-electron chi connectivity index (χ3n) is 2.68. The molecule has 94 valence electrons. The van der Waals surface area contributed by atoms with Crippen LogP contribution in [0.25, 0.3) is 0 Å². The summed E-state index contributed by atoms with van der Waals surface area (Å²) in [5, 5.41) is 3.11. The van der Waals surface area contributed by atoms with Gasteiger partial charge in [-0.15, -0.1) is 0 Å². The summed E-state index contributed by atoms with van der Waals surface area (Å²) >= 11 is 0. The molecule has 0 saturated carbocycles. The first-order chi connectivity index (χ1) is 8.60. The maximum absolute atomic E-state index is 13.3. The van der Waals surface area contributed by atoms with Crippen LogP contribution in [0.4, 0.5) is 21.5 Å². The molecule has 0 bridgehead atoms. The standard InChI is InChI=1S/C14H15FN2O/c1-9-7-10(4-6-14(9)18-2)17-11-3-5-13(16)12(15)8-11/h3-8,17H,16H2,1-2H3. The molecule has 0 aliphatic rings. The van der Waals surface area contributed by atoms with Crippen molar-refractivity contribution in [1.29, 1.82) is 0 Å². The van der Waals surface area contributed by atoms with Crippen molar-refractivity contribution < 1.29 is 9.13 Å². The molecule has 0 saturated heterocycles. The van der Waals surface area contributed by atoms with Crippen LogP contribution in [0.1, 0.15) is 5.56 Å². The number of nitrogens with two attached hydrogens (primary N) is 1. The van der Waals surface area contributed by atoms with Gasteiger partial charge in [0.05, 0.1) is 12.8 Å². The molecular weight excluding hydrogens is 231 g/mol. The molecule has 0 aromatic heterocycles. The number of hydrogen-bond acceptors (Lipinski definition) is 3. The molecule has 4 heteroatoms. The number of methoxy groups -OCH3 is 1. The highest BCUT2D eigenvalue weighted by Gasteiger charge is 2.02. The summed E-state index contributed by atoms with van der Waals surface area (Å²) < 4.78 is 18.5. The highest BCUT2D eigenvalue weighted by molar-refractivity contribution is 5.63. The van der Waals surface area contributed by atoms with E-state index in [-0.39, 0.29) is 5.69 Å². The van der Waals surface area contributed by atoms with Crippen LogP contribution >= 0.6 is 0 Å². The van der Waals surface area contributed by atoms with Crippen LogP contribution in [0.2, 0.25) is 0 Å². The molecule has 0 aliphatic heterocycles. The zero-order chi connectivity index (χ0) is 13.1. The topological polar surface area (TPSA) is 47.3 Å². The first-order valence-electron chi connectivity index (χ1n) is 5.57. The van der Waals surface area contributed by atoms with Gasteiger partial charge >= 0.3 is 0 Å². The predicted molar refractivity (Wildman–Crippen MR) is 71.8 cm³/mol. The summed E-state index contributed by atoms with van der Waals surface area (Å²) in [4.78, 5) is 0. The van der Waals surface area contributed by atoms with E-state index >= 15 is 0 Å². The van der Waals surface area contributed by atoms with Gasteiger partial charge in [0.2, 0.25) is 0 Å². The Balaban J connectivity index is 2.23. The average molecular weight is 246 g/mol. The van der Waals surface area contributed by atoms with Crippen LogP contribution in [0.5, 0.6) is 5.75 Å². The second-order valence-electron chi connectivity index (χ2n) is 4.05. The number of halogens is 1. The molecule has 3 N–H and O–H groups in total. The SMILES string of the molecule is COc1ccc(Nc2ccc(N)c(F)c2)cc1C. The third-order valence-corrected chi connectivity index (χ3v) is 2.68. The smallest absolute Gasteiger partial charge is 0.148 e. The van der Waals surface area contributed by atoms with E-state index in [2.05, 4.69) is 5.32 Å². The summed E-state index contributed by atoms with van der Waals surface area (Å²) in [6, 6.07) is 10.3. The molecule has 0 unspecified atom stereocenters. The summed E-state index contributed by atoms with van der Waals surface area (Å²) in [5.74, 6) is 0.397. The molecule has 0 amide bonds. The highest BCUT2D eigenvalue weighted by atomic mass is 19.1. The lowest BCUT2D eigenvalue weighted by atomic mass is 10.2. The Labute approximate surface area is 105 Å². The van der Waals surface area contributed by atoms with Crippen molar-refractivity contribution in [2.24, 2.45) is 0 Å². The molecule has 18 heavy (non-hydrogen) atoms. The average Bonchev–Trinajstić information content (AvgIpc) is 2.34. The Bertz CT molecular complexity index is 570. The van der Waals surface area contributed by atoms with Crippen molar-refractivity contribution in [3.05, 3.63) is 47.8 Å². The van der Waals surface area contributed by atoms with Crippen molar-refractivity contribution in [2.75, 3.05) is 18.2 Å². The molecule has 0 radical (unpaired) electrons. The summed E-state index contributed by atoms with van der Waals surface area (Å²) in [5.41, 5.74) is 8.11. The van der Waals surface area contributed by atoms with Gasteiger partial charge in [-0.05, 0) is 48.9 Å². The minimum absolute atomic E-state index is 0.145. The van der Waals surface area contributed by atoms with Crippen LogP contribution in [-0.2, 0) is 0 Å². The normalized spacial score (nSPS) is 10.2. The molecule has 3 nitrogen and oxygen atoms in total. The van der Waals surface area contributed by atoms with Gasteiger partial charge in [-0.1, -0.05) is 0 Å². The van der Waals surface area contributed by atoms with Gasteiger partial charge in [0, 0.05) is 11.4 Å². The van der Waals surface area contributed by atoms with E-state index in [0.717, 1.165) is 17.0 Å². The maximum atomic E-state index is 13.3. The second kappa shape index (κ2) is 4.96. The Morgan fingerprint density at radius 3 is 2.39 bits per heavy atom. The molecule has 0 fully saturated rings. The third kappa shape index (κ3) is 2.53. The summed E-state index contributed by atoms with van der Waals surface area (Å²) in [7, 11) is 1.63. The van der Waals surface area contributed by atoms with E-state index < -0.39 is 5.82 Å². The number of nitrogen functional groups attached to an aromatic ring is 1. The van der Waals surface area contributed by atoms with E-state index in [1.54, 1.807) is 13.2 Å². The second-order valence-corrected chi connectivity index (χ2v) is 4.05. The molecular formula is C14H15FN2O. The fraction of sp³-hybridized carbons (Fsp3) is 0.143. The van der Waals surface area contributed by atoms with Gasteiger partial charge in [-0.25, -0.2) is 4.39 Å². The lowest BCUT2D eigenvalue weighted by Crippen LogP contribution is -1.95. The largest absolute Gasteiger partial charge is 0.496 e. The first kappa shape index (κ1) is 12.2. The van der Waals surface area contributed by atoms with Gasteiger partial charge in [-0.3, -0.25) is 0 Å². The Morgan fingerprint density at radius 2 is 1.78 bits per heavy atom. The first-order valence-corrected chi connectivity index (χ1v) is 5.57. The zero-order valence-electron chi connectivity index (χ0n) is 10.3. The van der Waals surface area contributed by atoms with Crippen LogP contribution in [0, 0.1) is 12.7 Å². The molecule has 0 heterocycles. The fourth-order valence-corrected chi connectivity index (χ4v) is 1.73. The number of ether oxygens (including phenoxy) is 1. The lowest BCUT2D eigenvalue weighted by molar-refractivity contribution is 0.412. The van der Waals surface area contributed by atoms with E-state index in [0.29, 0.717) is 5.69 Å². The Kier molecular flexibility index (Phi) is 3.37. The maximum Gasteiger partial charge on any atom is 0.148 e. The molecule has 0 aliphatic carbocycles. The van der Waals surface area contributed by atoms with Gasteiger partial charge < -0.3 is 15.8 Å². The van der Waals surface area contributed by atoms with Crippen molar-refractivity contribution in [3.8, 4) is 5.75 Å². The number of benzene rings is 2. The zero-order valence-corrected chi connectivity index (χ0v) is 10.3. The van der Waals surface area contributed by atoms with Gasteiger partial charge in [0.15, 0.2) is 0 Å². The predicted octanol–water partition coefficient (Wildman–Crippen LogP) is 3.47. The van der Waals surface area contributed by atoms with Crippen LogP contribution in [0.3, 0.4) is 0 Å². The molecule has 0 atom stereocenters.